The van der Waals surface area contributed by atoms with Crippen LogP contribution in [0.5, 0.6) is 0 Å². The molecule has 0 unspecified atom stereocenters. The van der Waals surface area contributed by atoms with Crippen LogP contribution in [0.15, 0.2) is 45.9 Å². The van der Waals surface area contributed by atoms with Crippen LogP contribution in [0.25, 0.3) is 0 Å². The molecule has 1 aliphatic rings. The number of amides is 1. The van der Waals surface area contributed by atoms with E-state index in [1.54, 1.807) is 25.3 Å². The third-order valence-electron chi connectivity index (χ3n) is 5.33. The van der Waals surface area contributed by atoms with Gasteiger partial charge in [0.2, 0.25) is 10.0 Å². The summed E-state index contributed by atoms with van der Waals surface area (Å²) in [7, 11) is 0.224. The molecule has 1 atom stereocenters. The number of sulfonamides is 1. The Morgan fingerprint density at radius 3 is 2.55 bits per heavy atom. The number of carbonyl (C=O) groups excluding carboxylic acids is 1. The largest absolute Gasteiger partial charge is 0.468 e. The molecular weight excluding hydrogens is 390 g/mol. The molecule has 1 saturated heterocycles. The quantitative estimate of drug-likeness (QED) is 0.746. The maximum atomic E-state index is 13.1. The molecule has 0 aliphatic carbocycles. The Morgan fingerprint density at radius 1 is 1.21 bits per heavy atom. The number of aryl methyl sites for hydroxylation is 1. The number of hydrogen-bond acceptors (Lipinski definition) is 5. The lowest BCUT2D eigenvalue weighted by molar-refractivity contribution is 0.0939. The maximum absolute atomic E-state index is 13.1. The normalized spacial score (nSPS) is 16.7. The molecule has 1 aromatic heterocycles. The smallest absolute Gasteiger partial charge is 0.251 e. The molecule has 8 heteroatoms. The van der Waals surface area contributed by atoms with Crippen molar-refractivity contribution in [3.8, 4) is 0 Å². The maximum Gasteiger partial charge on any atom is 0.251 e. The zero-order chi connectivity index (χ0) is 21.0. The van der Waals surface area contributed by atoms with Gasteiger partial charge in [0.1, 0.15) is 5.76 Å². The predicted octanol–water partition coefficient (Wildman–Crippen LogP) is 2.80. The molecule has 2 aromatic rings. The van der Waals surface area contributed by atoms with E-state index in [1.165, 1.54) is 10.4 Å². The highest BCUT2D eigenvalue weighted by Gasteiger charge is 2.28. The lowest BCUT2D eigenvalue weighted by Gasteiger charge is -2.26. The first kappa shape index (κ1) is 21.5. The summed E-state index contributed by atoms with van der Waals surface area (Å²) in [6.07, 6.45) is 4.40. The monoisotopic (exact) mass is 419 g/mol. The van der Waals surface area contributed by atoms with Crippen LogP contribution in [-0.4, -0.2) is 57.3 Å². The average molecular weight is 420 g/mol. The Labute approximate surface area is 172 Å². The summed E-state index contributed by atoms with van der Waals surface area (Å²) in [6.45, 7) is 3.18. The van der Waals surface area contributed by atoms with Crippen molar-refractivity contribution in [3.05, 3.63) is 53.5 Å². The van der Waals surface area contributed by atoms with Crippen LogP contribution in [0.1, 0.15) is 47.0 Å². The number of hydrogen-bond donors (Lipinski definition) is 1. The number of likely N-dealkylation sites (N-methyl/N-ethyl adjacent to an activating group) is 1. The fourth-order valence-corrected chi connectivity index (χ4v) is 5.34. The summed E-state index contributed by atoms with van der Waals surface area (Å²) in [5.41, 5.74) is 0.983. The van der Waals surface area contributed by atoms with E-state index in [4.69, 9.17) is 4.42 Å². The molecule has 1 N–H and O–H groups in total. The highest BCUT2D eigenvalue weighted by atomic mass is 32.2. The second kappa shape index (κ2) is 9.11. The van der Waals surface area contributed by atoms with Gasteiger partial charge < -0.3 is 9.73 Å². The van der Waals surface area contributed by atoms with E-state index >= 15 is 0 Å². The third kappa shape index (κ3) is 4.88. The highest BCUT2D eigenvalue weighted by molar-refractivity contribution is 7.89. The fourth-order valence-electron chi connectivity index (χ4n) is 3.57. The van der Waals surface area contributed by atoms with Crippen molar-refractivity contribution >= 4 is 15.9 Å². The molecule has 7 nitrogen and oxygen atoms in total. The van der Waals surface area contributed by atoms with Gasteiger partial charge in [0.15, 0.2) is 0 Å². The molecule has 1 fully saturated rings. The summed E-state index contributed by atoms with van der Waals surface area (Å²) in [6, 6.07) is 8.42. The Kier molecular flexibility index (Phi) is 6.77. The zero-order valence-corrected chi connectivity index (χ0v) is 18.0. The molecule has 0 spiro atoms. The zero-order valence-electron chi connectivity index (χ0n) is 17.2. The van der Waals surface area contributed by atoms with Gasteiger partial charge in [0.25, 0.3) is 5.91 Å². The van der Waals surface area contributed by atoms with Gasteiger partial charge in [-0.2, -0.15) is 4.31 Å². The van der Waals surface area contributed by atoms with E-state index in [0.717, 1.165) is 25.0 Å². The molecule has 1 amide bonds. The summed E-state index contributed by atoms with van der Waals surface area (Å²) in [5.74, 6) is 0.450. The van der Waals surface area contributed by atoms with Crippen LogP contribution < -0.4 is 5.32 Å². The number of nitrogens with zero attached hydrogens (tertiary/aromatic N) is 2. The highest BCUT2D eigenvalue weighted by Crippen LogP contribution is 2.24. The van der Waals surface area contributed by atoms with Gasteiger partial charge in [-0.25, -0.2) is 8.42 Å². The molecule has 1 aromatic carbocycles. The minimum absolute atomic E-state index is 0.115. The van der Waals surface area contributed by atoms with Crippen molar-refractivity contribution < 1.29 is 17.6 Å². The Bertz CT molecular complexity index is 933. The lowest BCUT2D eigenvalue weighted by Crippen LogP contribution is -2.36. The summed E-state index contributed by atoms with van der Waals surface area (Å²) in [5, 5.41) is 2.90. The van der Waals surface area contributed by atoms with E-state index in [1.807, 2.05) is 31.1 Å². The second-order valence-corrected chi connectivity index (χ2v) is 9.56. The molecule has 1 aliphatic heterocycles. The van der Waals surface area contributed by atoms with Crippen molar-refractivity contribution in [1.82, 2.24) is 14.5 Å². The Hall–Kier alpha value is -2.16. The van der Waals surface area contributed by atoms with Crippen molar-refractivity contribution in [2.45, 2.75) is 37.1 Å². The minimum atomic E-state index is -3.60. The van der Waals surface area contributed by atoms with Gasteiger partial charge in [-0.05, 0) is 63.7 Å². The second-order valence-electron chi connectivity index (χ2n) is 7.65. The molecule has 3 rings (SSSR count). The fraction of sp³-hybridized carbons (Fsp3) is 0.476. The van der Waals surface area contributed by atoms with Gasteiger partial charge in [-0.3, -0.25) is 9.69 Å². The van der Waals surface area contributed by atoms with Crippen LogP contribution in [0.3, 0.4) is 0 Å². The number of nitrogens with one attached hydrogen (secondary N) is 1. The van der Waals surface area contributed by atoms with Gasteiger partial charge >= 0.3 is 0 Å². The SMILES string of the molecule is Cc1ccc(C(=O)NC[C@@H](c2ccco2)N(C)C)cc1S(=O)(=O)N1CCCCC1. The first-order chi connectivity index (χ1) is 13.8. The van der Waals surface area contributed by atoms with Gasteiger partial charge in [-0.1, -0.05) is 12.5 Å². The van der Waals surface area contributed by atoms with Crippen molar-refractivity contribution in [2.24, 2.45) is 0 Å². The number of furan rings is 1. The molecule has 158 valence electrons. The number of rotatable bonds is 7. The first-order valence-electron chi connectivity index (χ1n) is 9.89. The first-order valence-corrected chi connectivity index (χ1v) is 11.3. The number of carbonyl (C=O) groups is 1. The van der Waals surface area contributed by atoms with Crippen LogP contribution in [0, 0.1) is 6.92 Å². The molecular formula is C21H29N3O4S. The summed E-state index contributed by atoms with van der Waals surface area (Å²) >= 11 is 0. The van der Waals surface area contributed by atoms with Gasteiger partial charge in [0, 0.05) is 25.2 Å². The minimum Gasteiger partial charge on any atom is -0.468 e. The van der Waals surface area contributed by atoms with Crippen LogP contribution in [0.4, 0.5) is 0 Å². The number of benzene rings is 1. The molecule has 0 saturated carbocycles. The van der Waals surface area contributed by atoms with Crippen molar-refractivity contribution in [2.75, 3.05) is 33.7 Å². The predicted molar refractivity (Wildman–Crippen MR) is 111 cm³/mol. The van der Waals surface area contributed by atoms with Gasteiger partial charge in [-0.15, -0.1) is 0 Å². The topological polar surface area (TPSA) is 82.9 Å². The standard InChI is InChI=1S/C21H29N3O4S/c1-16-9-10-17(14-20(16)29(26,27)24-11-5-4-6-12-24)21(25)22-15-18(23(2)3)19-8-7-13-28-19/h7-10,13-14,18H,4-6,11-12,15H2,1-3H3,(H,22,25)/t18-/m0/s1. The van der Waals surface area contributed by atoms with Crippen LogP contribution in [0.2, 0.25) is 0 Å². The molecule has 2 heterocycles. The van der Waals surface area contributed by atoms with Crippen molar-refractivity contribution in [1.29, 1.82) is 0 Å². The van der Waals surface area contributed by atoms with E-state index in [2.05, 4.69) is 5.32 Å². The lowest BCUT2D eigenvalue weighted by atomic mass is 10.1. The molecule has 0 bridgehead atoms. The average Bonchev–Trinajstić information content (AvgIpc) is 3.23. The Balaban J connectivity index is 1.77. The van der Waals surface area contributed by atoms with E-state index < -0.39 is 10.0 Å². The molecule has 0 radical (unpaired) electrons. The van der Waals surface area contributed by atoms with E-state index in [-0.39, 0.29) is 16.8 Å². The Morgan fingerprint density at radius 2 is 1.93 bits per heavy atom. The number of piperidine rings is 1. The molecule has 29 heavy (non-hydrogen) atoms. The summed E-state index contributed by atoms with van der Waals surface area (Å²) < 4.78 is 33.1. The van der Waals surface area contributed by atoms with E-state index in [0.29, 0.717) is 30.8 Å². The van der Waals surface area contributed by atoms with Gasteiger partial charge in [0.05, 0.1) is 17.2 Å². The van der Waals surface area contributed by atoms with Crippen molar-refractivity contribution in [3.63, 3.8) is 0 Å². The van der Waals surface area contributed by atoms with Crippen LogP contribution >= 0.6 is 0 Å². The third-order valence-corrected chi connectivity index (χ3v) is 7.37. The summed E-state index contributed by atoms with van der Waals surface area (Å²) in [4.78, 5) is 14.9. The van der Waals surface area contributed by atoms with E-state index in [9.17, 15) is 13.2 Å². The van der Waals surface area contributed by atoms with Crippen LogP contribution in [-0.2, 0) is 10.0 Å².